The fourth-order valence-electron chi connectivity index (χ4n) is 3.53. The second-order valence-electron chi connectivity index (χ2n) is 6.85. The van der Waals surface area contributed by atoms with Crippen LogP contribution in [0.5, 0.6) is 5.75 Å². The van der Waals surface area contributed by atoms with Gasteiger partial charge in [0.2, 0.25) is 10.0 Å². The SMILES string of the molecule is O=S(=O)(c1cnc(Cl)c(Cl)c1)N1CCC(Oc2cccnc2N2CCCC2)C1. The number of sulfonamides is 1. The molecule has 2 fully saturated rings. The molecule has 4 rings (SSSR count). The van der Waals surface area contributed by atoms with Crippen LogP contribution in [0.2, 0.25) is 10.2 Å². The smallest absolute Gasteiger partial charge is 0.244 e. The van der Waals surface area contributed by atoms with Crippen molar-refractivity contribution in [2.75, 3.05) is 31.1 Å². The lowest BCUT2D eigenvalue weighted by Crippen LogP contribution is -2.31. The Bertz CT molecular complexity index is 967. The predicted octanol–water partition coefficient (Wildman–Crippen LogP) is 3.23. The summed E-state index contributed by atoms with van der Waals surface area (Å²) >= 11 is 11.7. The highest BCUT2D eigenvalue weighted by Crippen LogP contribution is 2.32. The first-order chi connectivity index (χ1) is 13.4. The normalized spacial score (nSPS) is 20.6. The molecule has 4 heterocycles. The molecule has 10 heteroatoms. The van der Waals surface area contributed by atoms with Gasteiger partial charge in [0.1, 0.15) is 16.2 Å². The first kappa shape index (κ1) is 19.7. The second kappa shape index (κ2) is 8.02. The molecule has 0 spiro atoms. The Morgan fingerprint density at radius 1 is 1.14 bits per heavy atom. The monoisotopic (exact) mass is 442 g/mol. The van der Waals surface area contributed by atoms with Crippen molar-refractivity contribution in [3.63, 3.8) is 0 Å². The molecule has 7 nitrogen and oxygen atoms in total. The lowest BCUT2D eigenvalue weighted by atomic mass is 10.3. The number of nitrogens with zero attached hydrogens (tertiary/aromatic N) is 4. The lowest BCUT2D eigenvalue weighted by Gasteiger charge is -2.22. The first-order valence-corrected chi connectivity index (χ1v) is 11.3. The molecule has 0 amide bonds. The van der Waals surface area contributed by atoms with Crippen molar-refractivity contribution in [3.8, 4) is 5.75 Å². The largest absolute Gasteiger partial charge is 0.485 e. The molecule has 1 unspecified atom stereocenters. The molecule has 2 aliphatic rings. The van der Waals surface area contributed by atoms with Crippen LogP contribution in [0.15, 0.2) is 35.5 Å². The maximum Gasteiger partial charge on any atom is 0.244 e. The molecular weight excluding hydrogens is 423 g/mol. The Morgan fingerprint density at radius 3 is 2.68 bits per heavy atom. The predicted molar refractivity (Wildman–Crippen MR) is 108 cm³/mol. The minimum atomic E-state index is -3.71. The molecule has 150 valence electrons. The van der Waals surface area contributed by atoms with E-state index >= 15 is 0 Å². The number of ether oxygens (including phenoxy) is 1. The molecular formula is C18H20Cl2N4O3S. The molecule has 2 saturated heterocycles. The standard InChI is InChI=1S/C18H20Cl2N4O3S/c19-15-10-14(11-22-17(15)20)28(25,26)24-9-5-13(12-24)27-16-4-3-6-21-18(16)23-7-1-2-8-23/h3-4,6,10-11,13H,1-2,5,7-9,12H2. The van der Waals surface area contributed by atoms with Crippen LogP contribution in [0.25, 0.3) is 0 Å². The summed E-state index contributed by atoms with van der Waals surface area (Å²) in [6.07, 6.45) is 5.62. The molecule has 1 atom stereocenters. The van der Waals surface area contributed by atoms with Gasteiger partial charge in [-0.2, -0.15) is 4.31 Å². The third-order valence-electron chi connectivity index (χ3n) is 4.97. The highest BCUT2D eigenvalue weighted by atomic mass is 35.5. The third kappa shape index (κ3) is 3.91. The Hall–Kier alpha value is -1.61. The summed E-state index contributed by atoms with van der Waals surface area (Å²) in [4.78, 5) is 10.5. The second-order valence-corrected chi connectivity index (χ2v) is 9.56. The summed E-state index contributed by atoms with van der Waals surface area (Å²) in [5.74, 6) is 1.53. The number of pyridine rings is 2. The molecule has 2 aliphatic heterocycles. The van der Waals surface area contributed by atoms with Crippen molar-refractivity contribution in [2.45, 2.75) is 30.3 Å². The van der Waals surface area contributed by atoms with Gasteiger partial charge in [0.15, 0.2) is 11.6 Å². The zero-order chi connectivity index (χ0) is 19.7. The molecule has 28 heavy (non-hydrogen) atoms. The minimum absolute atomic E-state index is 0.0293. The molecule has 0 aliphatic carbocycles. The number of hydrogen-bond acceptors (Lipinski definition) is 6. The first-order valence-electron chi connectivity index (χ1n) is 9.13. The summed E-state index contributed by atoms with van der Waals surface area (Å²) in [7, 11) is -3.71. The average Bonchev–Trinajstić information content (AvgIpc) is 3.37. The molecule has 0 N–H and O–H groups in total. The van der Waals surface area contributed by atoms with Crippen LogP contribution < -0.4 is 9.64 Å². The van der Waals surface area contributed by atoms with Crippen LogP contribution in [0, 0.1) is 0 Å². The van der Waals surface area contributed by atoms with E-state index in [2.05, 4.69) is 14.9 Å². The van der Waals surface area contributed by atoms with E-state index < -0.39 is 10.0 Å². The van der Waals surface area contributed by atoms with E-state index in [0.717, 1.165) is 31.7 Å². The van der Waals surface area contributed by atoms with Gasteiger partial charge in [-0.1, -0.05) is 23.2 Å². The van der Waals surface area contributed by atoms with E-state index in [4.69, 9.17) is 27.9 Å². The zero-order valence-electron chi connectivity index (χ0n) is 15.1. The van der Waals surface area contributed by atoms with Crippen LogP contribution in [0.1, 0.15) is 19.3 Å². The van der Waals surface area contributed by atoms with E-state index in [0.29, 0.717) is 18.7 Å². The van der Waals surface area contributed by atoms with Gasteiger partial charge in [-0.05, 0) is 37.5 Å². The summed E-state index contributed by atoms with van der Waals surface area (Å²) < 4.78 is 33.3. The summed E-state index contributed by atoms with van der Waals surface area (Å²) in [6.45, 7) is 2.55. The lowest BCUT2D eigenvalue weighted by molar-refractivity contribution is 0.215. The molecule has 0 radical (unpaired) electrons. The maximum atomic E-state index is 12.9. The van der Waals surface area contributed by atoms with Gasteiger partial charge in [-0.25, -0.2) is 18.4 Å². The fraction of sp³-hybridized carbons (Fsp3) is 0.444. The van der Waals surface area contributed by atoms with Crippen LogP contribution in [-0.2, 0) is 10.0 Å². The van der Waals surface area contributed by atoms with Crippen molar-refractivity contribution in [1.29, 1.82) is 0 Å². The highest BCUT2D eigenvalue weighted by Gasteiger charge is 2.35. The minimum Gasteiger partial charge on any atom is -0.485 e. The molecule has 2 aromatic rings. The molecule has 2 aromatic heterocycles. The summed E-state index contributed by atoms with van der Waals surface area (Å²) in [5, 5.41) is 0.189. The Kier molecular flexibility index (Phi) is 5.64. The van der Waals surface area contributed by atoms with Gasteiger partial charge >= 0.3 is 0 Å². The average molecular weight is 443 g/mol. The Labute approximate surface area is 174 Å². The number of aromatic nitrogens is 2. The van der Waals surface area contributed by atoms with Crippen LogP contribution in [0.3, 0.4) is 0 Å². The van der Waals surface area contributed by atoms with Crippen LogP contribution in [-0.4, -0.2) is 55.0 Å². The van der Waals surface area contributed by atoms with E-state index in [1.165, 1.54) is 16.6 Å². The summed E-state index contributed by atoms with van der Waals surface area (Å²) in [6, 6.07) is 5.05. The van der Waals surface area contributed by atoms with Gasteiger partial charge in [-0.15, -0.1) is 0 Å². The fourth-order valence-corrected chi connectivity index (χ4v) is 5.32. The van der Waals surface area contributed by atoms with E-state index in [-0.39, 0.29) is 27.7 Å². The summed E-state index contributed by atoms with van der Waals surface area (Å²) in [5.41, 5.74) is 0. The number of halogens is 2. The quantitative estimate of drug-likeness (QED) is 0.661. The molecule has 0 aromatic carbocycles. The number of rotatable bonds is 5. The van der Waals surface area contributed by atoms with Crippen molar-refractivity contribution in [1.82, 2.24) is 14.3 Å². The Balaban J connectivity index is 1.48. The zero-order valence-corrected chi connectivity index (χ0v) is 17.4. The third-order valence-corrected chi connectivity index (χ3v) is 7.48. The van der Waals surface area contributed by atoms with Gasteiger partial charge < -0.3 is 9.64 Å². The van der Waals surface area contributed by atoms with Crippen molar-refractivity contribution >= 4 is 39.0 Å². The Morgan fingerprint density at radius 2 is 1.93 bits per heavy atom. The topological polar surface area (TPSA) is 75.6 Å². The van der Waals surface area contributed by atoms with E-state index in [9.17, 15) is 8.42 Å². The van der Waals surface area contributed by atoms with E-state index in [1.807, 2.05) is 12.1 Å². The van der Waals surface area contributed by atoms with Crippen molar-refractivity contribution in [2.24, 2.45) is 0 Å². The van der Waals surface area contributed by atoms with Crippen molar-refractivity contribution < 1.29 is 13.2 Å². The molecule has 0 bridgehead atoms. The van der Waals surface area contributed by atoms with E-state index in [1.54, 1.807) is 6.20 Å². The van der Waals surface area contributed by atoms with Gasteiger partial charge in [0.25, 0.3) is 0 Å². The van der Waals surface area contributed by atoms with Crippen LogP contribution in [0.4, 0.5) is 5.82 Å². The maximum absolute atomic E-state index is 12.9. The van der Waals surface area contributed by atoms with Gasteiger partial charge in [0, 0.05) is 32.0 Å². The van der Waals surface area contributed by atoms with Gasteiger partial charge in [0.05, 0.1) is 11.6 Å². The van der Waals surface area contributed by atoms with Gasteiger partial charge in [-0.3, -0.25) is 0 Å². The van der Waals surface area contributed by atoms with Crippen LogP contribution >= 0.6 is 23.2 Å². The number of anilines is 1. The highest BCUT2D eigenvalue weighted by molar-refractivity contribution is 7.89. The molecule has 0 saturated carbocycles. The number of hydrogen-bond donors (Lipinski definition) is 0. The van der Waals surface area contributed by atoms with Crippen molar-refractivity contribution in [3.05, 3.63) is 40.8 Å².